The zero-order valence-corrected chi connectivity index (χ0v) is 12.8. The van der Waals surface area contributed by atoms with E-state index in [0.717, 1.165) is 22.5 Å². The molecule has 1 heterocycles. The number of hydrogen-bond acceptors (Lipinski definition) is 4. The fourth-order valence-electron chi connectivity index (χ4n) is 3.20. The summed E-state index contributed by atoms with van der Waals surface area (Å²) in [6, 6.07) is 17.0. The van der Waals surface area contributed by atoms with E-state index >= 15 is 0 Å². The van der Waals surface area contributed by atoms with Crippen molar-refractivity contribution in [3.05, 3.63) is 83.7 Å². The second-order valence-corrected chi connectivity index (χ2v) is 5.78. The molecule has 1 atom stereocenters. The number of carbonyl (C=O) groups is 1. The van der Waals surface area contributed by atoms with Gasteiger partial charge >= 0.3 is 5.97 Å². The molecule has 5 nitrogen and oxygen atoms in total. The normalized spacial score (nSPS) is 19.1. The highest BCUT2D eigenvalue weighted by Gasteiger charge is 2.32. The van der Waals surface area contributed by atoms with Gasteiger partial charge in [0, 0.05) is 23.1 Å². The number of benzene rings is 2. The molecule has 2 aliphatic rings. The molecule has 1 unspecified atom stereocenters. The van der Waals surface area contributed by atoms with Crippen LogP contribution in [0.3, 0.4) is 0 Å². The number of rotatable bonds is 3. The van der Waals surface area contributed by atoms with Crippen molar-refractivity contribution < 1.29 is 15.0 Å². The van der Waals surface area contributed by atoms with E-state index in [2.05, 4.69) is 0 Å². The first kappa shape index (κ1) is 14.5. The van der Waals surface area contributed by atoms with Gasteiger partial charge in [0.2, 0.25) is 0 Å². The summed E-state index contributed by atoms with van der Waals surface area (Å²) in [6.07, 6.45) is 2.72. The molecule has 0 saturated carbocycles. The van der Waals surface area contributed by atoms with Gasteiger partial charge in [-0.15, -0.1) is 0 Å². The Kier molecular flexibility index (Phi) is 3.36. The Labute approximate surface area is 139 Å². The first-order chi connectivity index (χ1) is 11.6. The summed E-state index contributed by atoms with van der Waals surface area (Å²) in [5.41, 5.74) is 3.63. The van der Waals surface area contributed by atoms with Gasteiger partial charge in [0.1, 0.15) is 11.8 Å². The maximum Gasteiger partial charge on any atom is 0.354 e. The average Bonchev–Trinajstić information content (AvgIpc) is 3.18. The van der Waals surface area contributed by atoms with E-state index in [1.165, 1.54) is 0 Å². The van der Waals surface area contributed by atoms with E-state index in [4.69, 9.17) is 0 Å². The predicted molar refractivity (Wildman–Crippen MR) is 90.7 cm³/mol. The maximum absolute atomic E-state index is 11.7. The molecule has 0 radical (unpaired) electrons. The Morgan fingerprint density at radius 1 is 1.04 bits per heavy atom. The highest BCUT2D eigenvalue weighted by Crippen LogP contribution is 2.39. The number of carboxylic acid groups (broad SMARTS) is 1. The molecular formula is C19H16N2O3. The highest BCUT2D eigenvalue weighted by atomic mass is 16.4. The van der Waals surface area contributed by atoms with Gasteiger partial charge < -0.3 is 20.0 Å². The van der Waals surface area contributed by atoms with Gasteiger partial charge in [-0.3, -0.25) is 0 Å². The van der Waals surface area contributed by atoms with Crippen molar-refractivity contribution in [1.29, 1.82) is 0 Å². The number of aliphatic hydroxyl groups is 1. The number of fused-ring (bicyclic) bond motifs is 1. The smallest absolute Gasteiger partial charge is 0.354 e. The van der Waals surface area contributed by atoms with Crippen LogP contribution in [0.4, 0.5) is 5.69 Å². The molecule has 1 aliphatic heterocycles. The largest absolute Gasteiger partial charge is 0.477 e. The second-order valence-electron chi connectivity index (χ2n) is 5.78. The molecular weight excluding hydrogens is 304 g/mol. The zero-order valence-electron chi connectivity index (χ0n) is 12.8. The molecule has 5 heteroatoms. The van der Waals surface area contributed by atoms with Gasteiger partial charge in [-0.25, -0.2) is 4.79 Å². The van der Waals surface area contributed by atoms with Crippen molar-refractivity contribution in [2.75, 3.05) is 11.6 Å². The summed E-state index contributed by atoms with van der Waals surface area (Å²) in [4.78, 5) is 15.3. The second kappa shape index (κ2) is 5.54. The topological polar surface area (TPSA) is 64.0 Å². The zero-order chi connectivity index (χ0) is 16.7. The molecule has 4 rings (SSSR count). The minimum Gasteiger partial charge on any atom is -0.477 e. The predicted octanol–water partition coefficient (Wildman–Crippen LogP) is 2.78. The molecule has 0 aromatic heterocycles. The van der Waals surface area contributed by atoms with Crippen LogP contribution in [-0.4, -0.2) is 27.8 Å². The monoisotopic (exact) mass is 320 g/mol. The lowest BCUT2D eigenvalue weighted by molar-refractivity contribution is -0.132. The summed E-state index contributed by atoms with van der Waals surface area (Å²) in [6.45, 7) is 0.387. The standard InChI is InChI=1S/C19H16N2O3/c22-18-10-16(14-8-4-5-9-15(14)18)20-11-17(19(23)24)21(12-20)13-6-2-1-3-7-13/h1-11,18,22H,12H2,(H,23,24). The summed E-state index contributed by atoms with van der Waals surface area (Å²) in [5, 5.41) is 19.8. The van der Waals surface area contributed by atoms with Crippen LogP contribution in [0.25, 0.3) is 5.70 Å². The number of anilines is 1. The van der Waals surface area contributed by atoms with Crippen molar-refractivity contribution in [3.63, 3.8) is 0 Å². The molecule has 2 N–H and O–H groups in total. The third kappa shape index (κ3) is 2.26. The Balaban J connectivity index is 1.72. The van der Waals surface area contributed by atoms with Crippen molar-refractivity contribution in [1.82, 2.24) is 4.90 Å². The van der Waals surface area contributed by atoms with Crippen LogP contribution in [0.1, 0.15) is 17.2 Å². The first-order valence-electron chi connectivity index (χ1n) is 7.68. The van der Waals surface area contributed by atoms with Gasteiger partial charge in [-0.2, -0.15) is 0 Å². The Morgan fingerprint density at radius 2 is 1.75 bits per heavy atom. The summed E-state index contributed by atoms with van der Waals surface area (Å²) < 4.78 is 0. The van der Waals surface area contributed by atoms with Crippen LogP contribution in [-0.2, 0) is 4.79 Å². The molecule has 1 aliphatic carbocycles. The number of nitrogens with zero attached hydrogens (tertiary/aromatic N) is 2. The van der Waals surface area contributed by atoms with Crippen molar-refractivity contribution in [3.8, 4) is 0 Å². The van der Waals surface area contributed by atoms with Gasteiger partial charge in [-0.1, -0.05) is 42.5 Å². The lowest BCUT2D eigenvalue weighted by atomic mass is 10.1. The van der Waals surface area contributed by atoms with Gasteiger partial charge in [0.15, 0.2) is 0 Å². The van der Waals surface area contributed by atoms with Crippen LogP contribution in [0.2, 0.25) is 0 Å². The fraction of sp³-hybridized carbons (Fsp3) is 0.105. The Hall–Kier alpha value is -3.05. The first-order valence-corrected chi connectivity index (χ1v) is 7.68. The van der Waals surface area contributed by atoms with Gasteiger partial charge in [0.05, 0.1) is 6.67 Å². The third-order valence-electron chi connectivity index (χ3n) is 4.33. The van der Waals surface area contributed by atoms with Gasteiger partial charge in [0.25, 0.3) is 0 Å². The minimum atomic E-state index is -0.978. The highest BCUT2D eigenvalue weighted by molar-refractivity contribution is 5.92. The van der Waals surface area contributed by atoms with Crippen LogP contribution in [0.5, 0.6) is 0 Å². The summed E-state index contributed by atoms with van der Waals surface area (Å²) >= 11 is 0. The van der Waals surface area contributed by atoms with Crippen LogP contribution in [0, 0.1) is 0 Å². The quantitative estimate of drug-likeness (QED) is 0.910. The third-order valence-corrected chi connectivity index (χ3v) is 4.33. The lowest BCUT2D eigenvalue weighted by Gasteiger charge is -2.23. The van der Waals surface area contributed by atoms with E-state index in [1.54, 1.807) is 17.2 Å². The minimum absolute atomic E-state index is 0.209. The maximum atomic E-state index is 11.7. The fourth-order valence-corrected chi connectivity index (χ4v) is 3.20. The molecule has 2 aromatic carbocycles. The number of aliphatic hydroxyl groups excluding tert-OH is 1. The molecule has 120 valence electrons. The Morgan fingerprint density at radius 3 is 2.50 bits per heavy atom. The molecule has 0 saturated heterocycles. The molecule has 0 spiro atoms. The van der Waals surface area contributed by atoms with Gasteiger partial charge in [-0.05, 0) is 23.8 Å². The van der Waals surface area contributed by atoms with Crippen molar-refractivity contribution in [2.45, 2.75) is 6.10 Å². The van der Waals surface area contributed by atoms with Crippen LogP contribution in [0.15, 0.2) is 72.6 Å². The van der Waals surface area contributed by atoms with E-state index in [0.29, 0.717) is 6.67 Å². The van der Waals surface area contributed by atoms with E-state index in [-0.39, 0.29) is 5.70 Å². The molecule has 24 heavy (non-hydrogen) atoms. The van der Waals surface area contributed by atoms with Crippen molar-refractivity contribution >= 4 is 17.4 Å². The molecule has 0 amide bonds. The number of aliphatic carboxylic acids is 1. The molecule has 2 aromatic rings. The number of para-hydroxylation sites is 1. The van der Waals surface area contributed by atoms with E-state index in [9.17, 15) is 15.0 Å². The van der Waals surface area contributed by atoms with Crippen LogP contribution >= 0.6 is 0 Å². The molecule has 0 fully saturated rings. The number of carboxylic acids is 1. The van der Waals surface area contributed by atoms with Crippen LogP contribution < -0.4 is 4.90 Å². The lowest BCUT2D eigenvalue weighted by Crippen LogP contribution is -2.28. The average molecular weight is 320 g/mol. The van der Waals surface area contributed by atoms with E-state index < -0.39 is 12.1 Å². The van der Waals surface area contributed by atoms with E-state index in [1.807, 2.05) is 59.5 Å². The summed E-state index contributed by atoms with van der Waals surface area (Å²) in [7, 11) is 0. The number of hydrogen-bond donors (Lipinski definition) is 2. The van der Waals surface area contributed by atoms with Crippen molar-refractivity contribution in [2.24, 2.45) is 0 Å². The Bertz CT molecular complexity index is 858. The summed E-state index contributed by atoms with van der Waals surface area (Å²) in [5.74, 6) is -0.978. The molecule has 0 bridgehead atoms. The SMILES string of the molecule is O=C(O)C1=CN(C2=CC(O)c3ccccc32)CN1c1ccccc1.